The number of nitrogens with zero attached hydrogens (tertiary/aromatic N) is 3. The third kappa shape index (κ3) is 5.61. The van der Waals surface area contributed by atoms with Crippen molar-refractivity contribution in [2.75, 3.05) is 45.9 Å². The monoisotopic (exact) mass is 325 g/mol. The largest absolute Gasteiger partial charge is 0.450 e. The number of rotatable bonds is 5. The average molecular weight is 325 g/mol. The van der Waals surface area contributed by atoms with E-state index in [9.17, 15) is 9.59 Å². The minimum atomic E-state index is -0.266. The summed E-state index contributed by atoms with van der Waals surface area (Å²) in [5.74, 6) is 0.690. The lowest BCUT2D eigenvalue weighted by atomic mass is 10.3. The Morgan fingerprint density at radius 2 is 1.78 bits per heavy atom. The van der Waals surface area contributed by atoms with Crippen LogP contribution in [0.3, 0.4) is 0 Å². The van der Waals surface area contributed by atoms with E-state index in [4.69, 9.17) is 4.74 Å². The number of ether oxygens (including phenoxy) is 1. The van der Waals surface area contributed by atoms with Gasteiger partial charge in [-0.2, -0.15) is 0 Å². The molecular weight excluding hydrogens is 298 g/mol. The molecule has 1 saturated carbocycles. The molecule has 1 heterocycles. The number of carbonyl (C=O) groups is 2. The average Bonchev–Trinajstić information content (AvgIpc) is 3.36. The maximum atomic E-state index is 11.8. The topological polar surface area (TPSA) is 86.3 Å². The van der Waals surface area contributed by atoms with Gasteiger partial charge in [0.2, 0.25) is 5.91 Å². The first kappa shape index (κ1) is 17.4. The summed E-state index contributed by atoms with van der Waals surface area (Å²) in [6, 6.07) is 0.355. The van der Waals surface area contributed by atoms with E-state index in [1.165, 1.54) is 0 Å². The van der Waals surface area contributed by atoms with Crippen LogP contribution in [-0.4, -0.2) is 79.7 Å². The fourth-order valence-electron chi connectivity index (χ4n) is 2.39. The minimum Gasteiger partial charge on any atom is -0.450 e. The molecule has 130 valence electrons. The fraction of sp³-hybridized carbons (Fsp3) is 0.800. The Bertz CT molecular complexity index is 442. The zero-order valence-electron chi connectivity index (χ0n) is 14.0. The summed E-state index contributed by atoms with van der Waals surface area (Å²) in [7, 11) is 0. The number of piperazine rings is 1. The second-order valence-corrected chi connectivity index (χ2v) is 5.68. The molecule has 2 rings (SSSR count). The fourth-order valence-corrected chi connectivity index (χ4v) is 2.39. The highest BCUT2D eigenvalue weighted by Crippen LogP contribution is 2.18. The van der Waals surface area contributed by atoms with E-state index in [1.807, 2.05) is 6.92 Å². The number of hydrogen-bond donors (Lipinski definition) is 2. The molecule has 2 fully saturated rings. The Morgan fingerprint density at radius 1 is 1.13 bits per heavy atom. The van der Waals surface area contributed by atoms with E-state index in [0.717, 1.165) is 25.3 Å². The lowest BCUT2D eigenvalue weighted by Gasteiger charge is -2.35. The lowest BCUT2D eigenvalue weighted by molar-refractivity contribution is -0.119. The van der Waals surface area contributed by atoms with E-state index in [-0.39, 0.29) is 18.5 Å². The van der Waals surface area contributed by atoms with Crippen LogP contribution in [0.1, 0.15) is 26.7 Å². The van der Waals surface area contributed by atoms with Crippen LogP contribution in [-0.2, 0) is 9.53 Å². The zero-order chi connectivity index (χ0) is 16.7. The molecule has 0 aromatic heterocycles. The Hall–Kier alpha value is -1.99. The summed E-state index contributed by atoms with van der Waals surface area (Å²) in [5, 5.41) is 6.14. The van der Waals surface area contributed by atoms with Gasteiger partial charge in [0.1, 0.15) is 6.54 Å². The van der Waals surface area contributed by atoms with Crippen molar-refractivity contribution >= 4 is 18.0 Å². The molecule has 0 atom stereocenters. The van der Waals surface area contributed by atoms with Gasteiger partial charge in [0.25, 0.3) is 0 Å². The van der Waals surface area contributed by atoms with Crippen LogP contribution in [0.5, 0.6) is 0 Å². The van der Waals surface area contributed by atoms with E-state index < -0.39 is 0 Å². The summed E-state index contributed by atoms with van der Waals surface area (Å²) in [4.78, 5) is 31.7. The third-order valence-corrected chi connectivity index (χ3v) is 3.75. The highest BCUT2D eigenvalue weighted by molar-refractivity contribution is 5.85. The summed E-state index contributed by atoms with van der Waals surface area (Å²) < 4.78 is 5.02. The van der Waals surface area contributed by atoms with E-state index in [0.29, 0.717) is 38.8 Å². The molecule has 0 bridgehead atoms. The molecule has 0 unspecified atom stereocenters. The maximum Gasteiger partial charge on any atom is 0.409 e. The Labute approximate surface area is 137 Å². The number of guanidine groups is 1. The molecule has 1 aliphatic heterocycles. The van der Waals surface area contributed by atoms with Gasteiger partial charge in [-0.3, -0.25) is 4.79 Å². The van der Waals surface area contributed by atoms with Gasteiger partial charge < -0.3 is 25.2 Å². The lowest BCUT2D eigenvalue weighted by Crippen LogP contribution is -2.54. The zero-order valence-corrected chi connectivity index (χ0v) is 14.0. The number of amides is 2. The highest BCUT2D eigenvalue weighted by atomic mass is 16.6. The second-order valence-electron chi connectivity index (χ2n) is 5.68. The van der Waals surface area contributed by atoms with E-state index >= 15 is 0 Å². The molecule has 2 aliphatic rings. The molecule has 0 aromatic carbocycles. The molecule has 23 heavy (non-hydrogen) atoms. The summed E-state index contributed by atoms with van der Waals surface area (Å²) in [6.45, 7) is 7.60. The first-order valence-corrected chi connectivity index (χ1v) is 8.38. The van der Waals surface area contributed by atoms with Crippen LogP contribution >= 0.6 is 0 Å². The van der Waals surface area contributed by atoms with Gasteiger partial charge in [-0.1, -0.05) is 0 Å². The van der Waals surface area contributed by atoms with Crippen LogP contribution in [0.2, 0.25) is 0 Å². The number of carbonyl (C=O) groups excluding carboxylic acids is 2. The van der Waals surface area contributed by atoms with Crippen LogP contribution in [0.15, 0.2) is 4.99 Å². The number of aliphatic imine (C=N–C) groups is 1. The molecular formula is C15H27N5O3. The molecule has 8 nitrogen and oxygen atoms in total. The SMILES string of the molecule is CCNC(=NCC(=O)NC1CC1)N1CCN(C(=O)OCC)CC1. The third-order valence-electron chi connectivity index (χ3n) is 3.75. The second kappa shape index (κ2) is 8.59. The van der Waals surface area contributed by atoms with Gasteiger partial charge >= 0.3 is 6.09 Å². The quantitative estimate of drug-likeness (QED) is 0.549. The number of nitrogens with one attached hydrogen (secondary N) is 2. The summed E-state index contributed by atoms with van der Waals surface area (Å²) in [6.07, 6.45) is 1.88. The molecule has 0 radical (unpaired) electrons. The van der Waals surface area contributed by atoms with Crippen molar-refractivity contribution in [3.8, 4) is 0 Å². The normalized spacial score (nSPS) is 18.6. The van der Waals surface area contributed by atoms with Gasteiger partial charge in [-0.15, -0.1) is 0 Å². The van der Waals surface area contributed by atoms with Crippen molar-refractivity contribution in [2.24, 2.45) is 4.99 Å². The first-order chi connectivity index (χ1) is 11.1. The smallest absolute Gasteiger partial charge is 0.409 e. The van der Waals surface area contributed by atoms with Crippen LogP contribution < -0.4 is 10.6 Å². The van der Waals surface area contributed by atoms with Crippen molar-refractivity contribution in [1.29, 1.82) is 0 Å². The van der Waals surface area contributed by atoms with Crippen molar-refractivity contribution in [1.82, 2.24) is 20.4 Å². The molecule has 1 aliphatic carbocycles. The standard InChI is InChI=1S/C15H27N5O3/c1-3-16-14(17-11-13(21)18-12-5-6-12)19-7-9-20(10-8-19)15(22)23-4-2/h12H,3-11H2,1-2H3,(H,16,17)(H,18,21). The first-order valence-electron chi connectivity index (χ1n) is 8.38. The van der Waals surface area contributed by atoms with Crippen LogP contribution in [0, 0.1) is 0 Å². The Balaban J connectivity index is 1.83. The minimum absolute atomic E-state index is 0.0342. The predicted octanol–water partition coefficient (Wildman–Crippen LogP) is 0.00460. The van der Waals surface area contributed by atoms with Crippen molar-refractivity contribution in [3.63, 3.8) is 0 Å². The van der Waals surface area contributed by atoms with Crippen LogP contribution in [0.4, 0.5) is 4.79 Å². The van der Waals surface area contributed by atoms with E-state index in [1.54, 1.807) is 11.8 Å². The highest BCUT2D eigenvalue weighted by Gasteiger charge is 2.25. The molecule has 0 aromatic rings. The number of hydrogen-bond acceptors (Lipinski definition) is 4. The van der Waals surface area contributed by atoms with Gasteiger partial charge in [-0.05, 0) is 26.7 Å². The summed E-state index contributed by atoms with van der Waals surface area (Å²) >= 11 is 0. The van der Waals surface area contributed by atoms with Gasteiger partial charge in [0.05, 0.1) is 6.61 Å². The van der Waals surface area contributed by atoms with E-state index in [2.05, 4.69) is 20.5 Å². The maximum absolute atomic E-state index is 11.8. The van der Waals surface area contributed by atoms with Gasteiger partial charge in [-0.25, -0.2) is 9.79 Å². The summed E-state index contributed by atoms with van der Waals surface area (Å²) in [5.41, 5.74) is 0. The predicted molar refractivity (Wildman–Crippen MR) is 87.3 cm³/mol. The van der Waals surface area contributed by atoms with Gasteiger partial charge in [0.15, 0.2) is 5.96 Å². The van der Waals surface area contributed by atoms with Crippen LogP contribution in [0.25, 0.3) is 0 Å². The molecule has 2 amide bonds. The Kier molecular flexibility index (Phi) is 6.49. The van der Waals surface area contributed by atoms with Crippen molar-refractivity contribution in [2.45, 2.75) is 32.7 Å². The van der Waals surface area contributed by atoms with Gasteiger partial charge in [0, 0.05) is 38.8 Å². The molecule has 0 spiro atoms. The molecule has 8 heteroatoms. The Morgan fingerprint density at radius 3 is 2.35 bits per heavy atom. The molecule has 1 saturated heterocycles. The molecule has 2 N–H and O–H groups in total. The van der Waals surface area contributed by atoms with Crippen molar-refractivity contribution in [3.05, 3.63) is 0 Å². The van der Waals surface area contributed by atoms with Crippen molar-refractivity contribution < 1.29 is 14.3 Å².